The fourth-order valence-corrected chi connectivity index (χ4v) is 4.52. The third-order valence-electron chi connectivity index (χ3n) is 6.25. The topological polar surface area (TPSA) is 122 Å². The van der Waals surface area contributed by atoms with Crippen LogP contribution in [0.15, 0.2) is 42.5 Å². The van der Waals surface area contributed by atoms with E-state index >= 15 is 0 Å². The van der Waals surface area contributed by atoms with E-state index in [9.17, 15) is 19.8 Å². The summed E-state index contributed by atoms with van der Waals surface area (Å²) in [7, 11) is 1.40. The van der Waals surface area contributed by atoms with Crippen LogP contribution in [0.2, 0.25) is 0 Å². The lowest BCUT2D eigenvalue weighted by atomic mass is 9.93. The number of aromatic amines is 1. The first kappa shape index (κ1) is 19.5. The zero-order chi connectivity index (χ0) is 21.8. The van der Waals surface area contributed by atoms with Crippen molar-refractivity contribution in [2.75, 3.05) is 31.6 Å². The van der Waals surface area contributed by atoms with Crippen molar-refractivity contribution < 1.29 is 19.8 Å². The second-order valence-corrected chi connectivity index (χ2v) is 8.13. The lowest BCUT2D eigenvalue weighted by Crippen LogP contribution is -2.47. The minimum absolute atomic E-state index is 0.184. The summed E-state index contributed by atoms with van der Waals surface area (Å²) in [4.78, 5) is 34.4. The van der Waals surface area contributed by atoms with Gasteiger partial charge >= 0.3 is 6.09 Å². The van der Waals surface area contributed by atoms with Crippen LogP contribution in [0.5, 0.6) is 0 Å². The number of H-pyrrole nitrogens is 1. The SMILES string of the molecule is CN(C(=O)O)c1nc2cc(C3(O)c4ccccc4C(=O)N3CC3CCNC3)ccc2[nH]1. The van der Waals surface area contributed by atoms with Gasteiger partial charge < -0.3 is 25.4 Å². The Hall–Kier alpha value is -3.43. The molecule has 4 N–H and O–H groups in total. The smallest absolute Gasteiger partial charge is 0.413 e. The molecule has 2 aromatic carbocycles. The van der Waals surface area contributed by atoms with Gasteiger partial charge in [0.1, 0.15) is 0 Å². The van der Waals surface area contributed by atoms with E-state index in [0.717, 1.165) is 24.4 Å². The van der Waals surface area contributed by atoms with Crippen LogP contribution in [0, 0.1) is 5.92 Å². The highest BCUT2D eigenvalue weighted by molar-refractivity contribution is 6.00. The van der Waals surface area contributed by atoms with E-state index < -0.39 is 11.8 Å². The van der Waals surface area contributed by atoms with Crippen LogP contribution in [0.3, 0.4) is 0 Å². The number of amides is 2. The second-order valence-electron chi connectivity index (χ2n) is 8.13. The van der Waals surface area contributed by atoms with E-state index in [-0.39, 0.29) is 17.8 Å². The van der Waals surface area contributed by atoms with E-state index in [1.807, 2.05) is 6.07 Å². The molecule has 9 heteroatoms. The number of carboxylic acid groups (broad SMARTS) is 1. The molecule has 9 nitrogen and oxygen atoms in total. The standard InChI is InChI=1S/C22H23N5O4/c1-26(21(29)30)20-24-17-7-6-14(10-18(17)25-20)22(31)16-5-3-2-4-15(16)19(28)27(22)12-13-8-9-23-11-13/h2-7,10,13,23,31H,8-9,11-12H2,1H3,(H,24,25)(H,29,30). The fraction of sp³-hybridized carbons (Fsp3) is 0.318. The Kier molecular flexibility index (Phi) is 4.45. The summed E-state index contributed by atoms with van der Waals surface area (Å²) in [5.74, 6) is 0.247. The van der Waals surface area contributed by atoms with Crippen LogP contribution in [0.4, 0.5) is 10.7 Å². The minimum atomic E-state index is -1.62. The molecule has 31 heavy (non-hydrogen) atoms. The number of aromatic nitrogens is 2. The first-order valence-corrected chi connectivity index (χ1v) is 10.2. The first-order chi connectivity index (χ1) is 14.9. The summed E-state index contributed by atoms with van der Waals surface area (Å²) < 4.78 is 0. The molecule has 2 amide bonds. The molecule has 1 saturated heterocycles. The Balaban J connectivity index is 1.61. The van der Waals surface area contributed by atoms with Crippen molar-refractivity contribution >= 4 is 29.0 Å². The number of rotatable bonds is 4. The van der Waals surface area contributed by atoms with Gasteiger partial charge in [-0.25, -0.2) is 9.78 Å². The fourth-order valence-electron chi connectivity index (χ4n) is 4.52. The normalized spacial score (nSPS) is 22.8. The second kappa shape index (κ2) is 7.07. The van der Waals surface area contributed by atoms with E-state index in [1.54, 1.807) is 41.3 Å². The Morgan fingerprint density at radius 3 is 2.87 bits per heavy atom. The van der Waals surface area contributed by atoms with Gasteiger partial charge in [0.25, 0.3) is 5.91 Å². The van der Waals surface area contributed by atoms with Gasteiger partial charge in [-0.05, 0) is 43.6 Å². The highest BCUT2D eigenvalue weighted by atomic mass is 16.4. The van der Waals surface area contributed by atoms with Crippen molar-refractivity contribution in [1.29, 1.82) is 0 Å². The van der Waals surface area contributed by atoms with Gasteiger partial charge in [-0.1, -0.05) is 24.3 Å². The molecule has 0 spiro atoms. The quantitative estimate of drug-likeness (QED) is 0.511. The highest BCUT2D eigenvalue weighted by Gasteiger charge is 2.50. The van der Waals surface area contributed by atoms with Crippen LogP contribution in [0.25, 0.3) is 11.0 Å². The van der Waals surface area contributed by atoms with Crippen molar-refractivity contribution in [2.45, 2.75) is 12.1 Å². The Morgan fingerprint density at radius 1 is 1.32 bits per heavy atom. The summed E-state index contributed by atoms with van der Waals surface area (Å²) in [6.45, 7) is 2.14. The van der Waals surface area contributed by atoms with Gasteiger partial charge in [0.15, 0.2) is 5.72 Å². The monoisotopic (exact) mass is 421 g/mol. The lowest BCUT2D eigenvalue weighted by molar-refractivity contribution is -0.0550. The number of imidazole rings is 1. The Morgan fingerprint density at radius 2 is 2.13 bits per heavy atom. The molecule has 2 aliphatic heterocycles. The number of fused-ring (bicyclic) bond motifs is 2. The van der Waals surface area contributed by atoms with Crippen LogP contribution in [0.1, 0.15) is 27.9 Å². The predicted molar refractivity (Wildman–Crippen MR) is 114 cm³/mol. The van der Waals surface area contributed by atoms with Gasteiger partial charge in [0.2, 0.25) is 5.95 Å². The average Bonchev–Trinajstić information content (AvgIpc) is 3.48. The average molecular weight is 421 g/mol. The number of carbonyl (C=O) groups excluding carboxylic acids is 1. The molecule has 2 aliphatic rings. The molecule has 160 valence electrons. The molecule has 1 aromatic heterocycles. The van der Waals surface area contributed by atoms with Crippen LogP contribution >= 0.6 is 0 Å². The predicted octanol–water partition coefficient (Wildman–Crippen LogP) is 1.94. The van der Waals surface area contributed by atoms with Crippen molar-refractivity contribution in [3.8, 4) is 0 Å². The molecule has 0 bridgehead atoms. The van der Waals surface area contributed by atoms with E-state index in [0.29, 0.717) is 34.3 Å². The maximum absolute atomic E-state index is 13.3. The van der Waals surface area contributed by atoms with Crippen molar-refractivity contribution in [2.24, 2.45) is 5.92 Å². The number of hydrogen-bond donors (Lipinski definition) is 4. The van der Waals surface area contributed by atoms with Gasteiger partial charge in [-0.15, -0.1) is 0 Å². The van der Waals surface area contributed by atoms with Crippen molar-refractivity contribution in [1.82, 2.24) is 20.2 Å². The number of anilines is 1. The van der Waals surface area contributed by atoms with E-state index in [4.69, 9.17) is 0 Å². The zero-order valence-electron chi connectivity index (χ0n) is 17.0. The number of carbonyl (C=O) groups is 2. The molecule has 1 fully saturated rings. The van der Waals surface area contributed by atoms with Crippen LogP contribution in [-0.2, 0) is 5.72 Å². The van der Waals surface area contributed by atoms with Crippen molar-refractivity contribution in [3.63, 3.8) is 0 Å². The molecule has 3 aromatic rings. The van der Waals surface area contributed by atoms with Gasteiger partial charge in [0, 0.05) is 30.3 Å². The lowest BCUT2D eigenvalue weighted by Gasteiger charge is -2.36. The Labute approximate surface area is 178 Å². The van der Waals surface area contributed by atoms with Crippen LogP contribution < -0.4 is 10.2 Å². The molecule has 2 atom stereocenters. The highest BCUT2D eigenvalue weighted by Crippen LogP contribution is 2.43. The largest absolute Gasteiger partial charge is 0.465 e. The van der Waals surface area contributed by atoms with Crippen LogP contribution in [-0.4, -0.2) is 63.8 Å². The summed E-state index contributed by atoms with van der Waals surface area (Å²) in [6, 6.07) is 12.3. The van der Waals surface area contributed by atoms with Gasteiger partial charge in [-0.3, -0.25) is 9.69 Å². The summed E-state index contributed by atoms with van der Waals surface area (Å²) in [5.41, 5.74) is 1.07. The molecule has 0 saturated carbocycles. The summed E-state index contributed by atoms with van der Waals surface area (Å²) >= 11 is 0. The minimum Gasteiger partial charge on any atom is -0.465 e. The number of nitrogens with one attached hydrogen (secondary N) is 2. The number of benzene rings is 2. The third kappa shape index (κ3) is 2.96. The molecule has 2 unspecified atom stereocenters. The third-order valence-corrected chi connectivity index (χ3v) is 6.25. The molecule has 3 heterocycles. The van der Waals surface area contributed by atoms with Gasteiger partial charge in [0.05, 0.1) is 11.0 Å². The molecular formula is C22H23N5O4. The Bertz CT molecular complexity index is 1190. The number of hydrogen-bond acceptors (Lipinski definition) is 5. The van der Waals surface area contributed by atoms with Crippen molar-refractivity contribution in [3.05, 3.63) is 59.2 Å². The number of aliphatic hydroxyl groups is 1. The first-order valence-electron chi connectivity index (χ1n) is 10.2. The van der Waals surface area contributed by atoms with Gasteiger partial charge in [-0.2, -0.15) is 0 Å². The summed E-state index contributed by atoms with van der Waals surface area (Å²) in [6.07, 6.45) is -0.191. The summed E-state index contributed by atoms with van der Waals surface area (Å²) in [5, 5.41) is 24.5. The maximum Gasteiger partial charge on any atom is 0.413 e. The molecule has 0 aliphatic carbocycles. The van der Waals surface area contributed by atoms with E-state index in [1.165, 1.54) is 7.05 Å². The van der Waals surface area contributed by atoms with E-state index in [2.05, 4.69) is 15.3 Å². The zero-order valence-corrected chi connectivity index (χ0v) is 17.0. The molecule has 0 radical (unpaired) electrons. The molecule has 5 rings (SSSR count). The maximum atomic E-state index is 13.3. The molecular weight excluding hydrogens is 398 g/mol. The number of nitrogens with zero attached hydrogens (tertiary/aromatic N) is 3.